The van der Waals surface area contributed by atoms with Crippen molar-refractivity contribution in [2.75, 3.05) is 26.8 Å². The van der Waals surface area contributed by atoms with Gasteiger partial charge in [0.05, 0.1) is 19.8 Å². The van der Waals surface area contributed by atoms with E-state index >= 15 is 0 Å². The Bertz CT molecular complexity index is 726. The predicted octanol–water partition coefficient (Wildman–Crippen LogP) is 2.32. The van der Waals surface area contributed by atoms with E-state index in [0.717, 1.165) is 37.2 Å². The number of nitrogens with one attached hydrogen (secondary N) is 1. The number of amides is 2. The number of benzene rings is 1. The second-order valence-electron chi connectivity index (χ2n) is 6.57. The molecule has 0 saturated carbocycles. The number of hydrogen-bond donors (Lipinski definition) is 1. The Morgan fingerprint density at radius 1 is 1.37 bits per heavy atom. The van der Waals surface area contributed by atoms with Crippen molar-refractivity contribution < 1.29 is 18.8 Å². The van der Waals surface area contributed by atoms with E-state index in [1.807, 2.05) is 24.3 Å². The second kappa shape index (κ2) is 9.36. The summed E-state index contributed by atoms with van der Waals surface area (Å²) in [6.45, 7) is 3.90. The number of hydrogen-bond acceptors (Lipinski definition) is 6. The molecule has 2 aromatic rings. The number of carbonyl (C=O) groups excluding carboxylic acids is 1. The topological polar surface area (TPSA) is 89.7 Å². The standard InChI is InChI=1S/C19H26N4O4/c1-14-21-18(22-27-14)12-20-19(24)23(13-17-4-3-11-26-17)10-9-15-5-7-16(25-2)8-6-15/h5-8,17H,3-4,9-13H2,1-2H3,(H,20,24)/t17-/m0/s1. The number of urea groups is 1. The van der Waals surface area contributed by atoms with E-state index in [1.165, 1.54) is 0 Å². The van der Waals surface area contributed by atoms with Gasteiger partial charge in [-0.05, 0) is 37.0 Å². The zero-order valence-corrected chi connectivity index (χ0v) is 15.8. The summed E-state index contributed by atoms with van der Waals surface area (Å²) in [5.74, 6) is 1.77. The first kappa shape index (κ1) is 19.2. The van der Waals surface area contributed by atoms with Crippen LogP contribution in [0.4, 0.5) is 4.79 Å². The zero-order valence-electron chi connectivity index (χ0n) is 15.8. The number of methoxy groups -OCH3 is 1. The molecule has 2 heterocycles. The third-order valence-corrected chi connectivity index (χ3v) is 4.53. The molecule has 1 saturated heterocycles. The van der Waals surface area contributed by atoms with Gasteiger partial charge in [0.15, 0.2) is 5.82 Å². The van der Waals surface area contributed by atoms with Crippen molar-refractivity contribution in [1.29, 1.82) is 0 Å². The molecule has 1 fully saturated rings. The van der Waals surface area contributed by atoms with Crippen molar-refractivity contribution in [3.8, 4) is 5.75 Å². The fourth-order valence-corrected chi connectivity index (χ4v) is 3.05. The molecule has 146 valence electrons. The van der Waals surface area contributed by atoms with Crippen molar-refractivity contribution in [1.82, 2.24) is 20.4 Å². The van der Waals surface area contributed by atoms with Gasteiger partial charge in [0, 0.05) is 26.6 Å². The Kier molecular flexibility index (Phi) is 6.64. The maximum atomic E-state index is 12.7. The van der Waals surface area contributed by atoms with Gasteiger partial charge in [0.1, 0.15) is 5.75 Å². The number of nitrogens with zero attached hydrogens (tertiary/aromatic N) is 3. The van der Waals surface area contributed by atoms with Gasteiger partial charge >= 0.3 is 6.03 Å². The Morgan fingerprint density at radius 2 is 2.19 bits per heavy atom. The average molecular weight is 374 g/mol. The zero-order chi connectivity index (χ0) is 19.1. The third kappa shape index (κ3) is 5.68. The van der Waals surface area contributed by atoms with Crippen LogP contribution in [0.3, 0.4) is 0 Å². The lowest BCUT2D eigenvalue weighted by atomic mass is 10.1. The molecule has 2 amide bonds. The highest BCUT2D eigenvalue weighted by Crippen LogP contribution is 2.15. The Balaban J connectivity index is 1.57. The number of carbonyl (C=O) groups is 1. The lowest BCUT2D eigenvalue weighted by Gasteiger charge is -2.25. The van der Waals surface area contributed by atoms with Gasteiger partial charge in [-0.25, -0.2) is 4.79 Å². The van der Waals surface area contributed by atoms with Crippen LogP contribution >= 0.6 is 0 Å². The van der Waals surface area contributed by atoms with Gasteiger partial charge in [-0.3, -0.25) is 0 Å². The molecule has 27 heavy (non-hydrogen) atoms. The van der Waals surface area contributed by atoms with Crippen molar-refractivity contribution in [2.24, 2.45) is 0 Å². The van der Waals surface area contributed by atoms with Crippen molar-refractivity contribution in [3.05, 3.63) is 41.5 Å². The van der Waals surface area contributed by atoms with Crippen LogP contribution in [0.15, 0.2) is 28.8 Å². The van der Waals surface area contributed by atoms with E-state index in [0.29, 0.717) is 24.8 Å². The van der Waals surface area contributed by atoms with Gasteiger partial charge < -0.3 is 24.2 Å². The van der Waals surface area contributed by atoms with E-state index in [2.05, 4.69) is 15.5 Å². The highest BCUT2D eigenvalue weighted by molar-refractivity contribution is 5.74. The van der Waals surface area contributed by atoms with Crippen molar-refractivity contribution in [3.63, 3.8) is 0 Å². The van der Waals surface area contributed by atoms with Gasteiger partial charge in [0.25, 0.3) is 0 Å². The van der Waals surface area contributed by atoms with Crippen molar-refractivity contribution >= 4 is 6.03 Å². The third-order valence-electron chi connectivity index (χ3n) is 4.53. The van der Waals surface area contributed by atoms with Crippen molar-refractivity contribution in [2.45, 2.75) is 38.8 Å². The smallest absolute Gasteiger partial charge is 0.317 e. The van der Waals surface area contributed by atoms with Gasteiger partial charge in [-0.15, -0.1) is 0 Å². The monoisotopic (exact) mass is 374 g/mol. The molecule has 8 heteroatoms. The average Bonchev–Trinajstić information content (AvgIpc) is 3.35. The van der Waals surface area contributed by atoms with Crippen LogP contribution in [0.25, 0.3) is 0 Å². The minimum atomic E-state index is -0.151. The lowest BCUT2D eigenvalue weighted by Crippen LogP contribution is -2.44. The normalized spacial score (nSPS) is 16.3. The molecule has 0 unspecified atom stereocenters. The van der Waals surface area contributed by atoms with Crippen LogP contribution < -0.4 is 10.1 Å². The first-order chi connectivity index (χ1) is 13.1. The van der Waals surface area contributed by atoms with Crippen LogP contribution in [-0.2, 0) is 17.7 Å². The van der Waals surface area contributed by atoms with E-state index in [4.69, 9.17) is 14.0 Å². The highest BCUT2D eigenvalue weighted by atomic mass is 16.5. The SMILES string of the molecule is COc1ccc(CCN(C[C@@H]2CCCO2)C(=O)NCc2noc(C)n2)cc1. The van der Waals surface area contributed by atoms with E-state index in [1.54, 1.807) is 18.9 Å². The van der Waals surface area contributed by atoms with Gasteiger partial charge in [-0.2, -0.15) is 4.98 Å². The summed E-state index contributed by atoms with van der Waals surface area (Å²) in [5, 5.41) is 6.67. The summed E-state index contributed by atoms with van der Waals surface area (Å²) in [6.07, 6.45) is 2.88. The second-order valence-corrected chi connectivity index (χ2v) is 6.57. The minimum Gasteiger partial charge on any atom is -0.497 e. The Hall–Kier alpha value is -2.61. The molecule has 1 atom stereocenters. The molecule has 8 nitrogen and oxygen atoms in total. The first-order valence-corrected chi connectivity index (χ1v) is 9.20. The lowest BCUT2D eigenvalue weighted by molar-refractivity contribution is 0.0814. The predicted molar refractivity (Wildman–Crippen MR) is 98.5 cm³/mol. The van der Waals surface area contributed by atoms with Crippen LogP contribution in [0.2, 0.25) is 0 Å². The molecule has 1 N–H and O–H groups in total. The number of rotatable bonds is 8. The van der Waals surface area contributed by atoms with Crippen LogP contribution in [0.5, 0.6) is 5.75 Å². The number of ether oxygens (including phenoxy) is 2. The molecular formula is C19H26N4O4. The number of aromatic nitrogens is 2. The summed E-state index contributed by atoms with van der Waals surface area (Å²) >= 11 is 0. The van der Waals surface area contributed by atoms with E-state index < -0.39 is 0 Å². The molecule has 0 aliphatic carbocycles. The van der Waals surface area contributed by atoms with Gasteiger partial charge in [0.2, 0.25) is 5.89 Å². The molecule has 3 rings (SSSR count). The molecular weight excluding hydrogens is 348 g/mol. The fraction of sp³-hybridized carbons (Fsp3) is 0.526. The molecule has 0 spiro atoms. The largest absolute Gasteiger partial charge is 0.497 e. The number of aryl methyl sites for hydroxylation is 1. The molecule has 1 aliphatic rings. The summed E-state index contributed by atoms with van der Waals surface area (Å²) in [5.41, 5.74) is 1.15. The van der Waals surface area contributed by atoms with E-state index in [9.17, 15) is 4.79 Å². The quantitative estimate of drug-likeness (QED) is 0.763. The molecule has 1 aromatic carbocycles. The summed E-state index contributed by atoms with van der Waals surface area (Å²) in [7, 11) is 1.65. The Morgan fingerprint density at radius 3 is 2.81 bits per heavy atom. The first-order valence-electron chi connectivity index (χ1n) is 9.20. The summed E-state index contributed by atoms with van der Waals surface area (Å²) < 4.78 is 15.8. The maximum absolute atomic E-state index is 12.7. The highest BCUT2D eigenvalue weighted by Gasteiger charge is 2.22. The van der Waals surface area contributed by atoms with Crippen LogP contribution in [0.1, 0.15) is 30.1 Å². The molecule has 0 radical (unpaired) electrons. The minimum absolute atomic E-state index is 0.0963. The van der Waals surface area contributed by atoms with E-state index in [-0.39, 0.29) is 18.7 Å². The van der Waals surface area contributed by atoms with Gasteiger partial charge in [-0.1, -0.05) is 17.3 Å². The molecule has 1 aromatic heterocycles. The maximum Gasteiger partial charge on any atom is 0.317 e. The summed E-state index contributed by atoms with van der Waals surface area (Å²) in [6, 6.07) is 7.74. The molecule has 1 aliphatic heterocycles. The van der Waals surface area contributed by atoms with Crippen LogP contribution in [0, 0.1) is 6.92 Å². The Labute approximate surface area is 158 Å². The van der Waals surface area contributed by atoms with Crippen LogP contribution in [-0.4, -0.2) is 54.0 Å². The summed E-state index contributed by atoms with van der Waals surface area (Å²) in [4.78, 5) is 18.6. The fourth-order valence-electron chi connectivity index (χ4n) is 3.05. The molecule has 0 bridgehead atoms.